The van der Waals surface area contributed by atoms with E-state index >= 15 is 0 Å². The average Bonchev–Trinajstić information content (AvgIpc) is 3.12. The van der Waals surface area contributed by atoms with Gasteiger partial charge in [0.1, 0.15) is 5.41 Å². The normalized spacial score (nSPS) is 18.1. The minimum atomic E-state index is -1.26. The zero-order chi connectivity index (χ0) is 13.6. The van der Waals surface area contributed by atoms with Gasteiger partial charge < -0.3 is 10.4 Å². The van der Waals surface area contributed by atoms with Crippen LogP contribution >= 0.6 is 0 Å². The molecule has 0 heterocycles. The highest BCUT2D eigenvalue weighted by atomic mass is 16.4. The molecule has 1 rings (SSSR count). The highest BCUT2D eigenvalue weighted by Crippen LogP contribution is 2.28. The molecule has 2 N–H and O–H groups in total. The van der Waals surface area contributed by atoms with Gasteiger partial charge >= 0.3 is 5.97 Å². The molecule has 104 valence electrons. The van der Waals surface area contributed by atoms with Crippen LogP contribution in [0.2, 0.25) is 0 Å². The van der Waals surface area contributed by atoms with Crippen LogP contribution in [-0.2, 0) is 9.59 Å². The molecule has 1 fully saturated rings. The number of nitrogens with one attached hydrogen (secondary N) is 1. The molecule has 4 nitrogen and oxygen atoms in total. The second-order valence-corrected chi connectivity index (χ2v) is 5.55. The van der Waals surface area contributed by atoms with E-state index in [0.29, 0.717) is 6.42 Å². The van der Waals surface area contributed by atoms with Crippen LogP contribution in [0.3, 0.4) is 0 Å². The number of hydrogen-bond acceptors (Lipinski definition) is 2. The average molecular weight is 255 g/mol. The number of carboxylic acids is 1. The summed E-state index contributed by atoms with van der Waals surface area (Å²) in [5, 5.41) is 12.1. The Balaban J connectivity index is 2.40. The molecular formula is C14H25NO3. The molecular weight excluding hydrogens is 230 g/mol. The van der Waals surface area contributed by atoms with E-state index in [9.17, 15) is 14.7 Å². The molecule has 4 heteroatoms. The van der Waals surface area contributed by atoms with Gasteiger partial charge in [0.25, 0.3) is 0 Å². The summed E-state index contributed by atoms with van der Waals surface area (Å²) in [4.78, 5) is 23.3. The van der Waals surface area contributed by atoms with Crippen LogP contribution in [0.4, 0.5) is 0 Å². The van der Waals surface area contributed by atoms with E-state index in [-0.39, 0.29) is 11.9 Å². The maximum Gasteiger partial charge on any atom is 0.318 e. The lowest BCUT2D eigenvalue weighted by Gasteiger charge is -2.23. The van der Waals surface area contributed by atoms with Gasteiger partial charge in [-0.25, -0.2) is 0 Å². The summed E-state index contributed by atoms with van der Waals surface area (Å²) in [6.07, 6.45) is 7.68. The van der Waals surface area contributed by atoms with Crippen LogP contribution in [0, 0.1) is 5.41 Å². The standard InChI is InChI=1S/C14H25NO3/c1-3-4-5-6-7-10-14(2,13(17)18)12(16)15-11-8-9-11/h11H,3-10H2,1-2H3,(H,15,16)(H,17,18). The summed E-state index contributed by atoms with van der Waals surface area (Å²) in [6.45, 7) is 3.69. The van der Waals surface area contributed by atoms with Crippen LogP contribution in [0.5, 0.6) is 0 Å². The highest BCUT2D eigenvalue weighted by Gasteiger charge is 2.42. The van der Waals surface area contributed by atoms with Crippen molar-refractivity contribution >= 4 is 11.9 Å². The summed E-state index contributed by atoms with van der Waals surface area (Å²) < 4.78 is 0. The van der Waals surface area contributed by atoms with Crippen molar-refractivity contribution in [2.24, 2.45) is 5.41 Å². The molecule has 18 heavy (non-hydrogen) atoms. The quantitative estimate of drug-likeness (QED) is 0.492. The van der Waals surface area contributed by atoms with Crippen LogP contribution < -0.4 is 5.32 Å². The fraction of sp³-hybridized carbons (Fsp3) is 0.857. The first-order valence-corrected chi connectivity index (χ1v) is 7.05. The molecule has 1 atom stereocenters. The van der Waals surface area contributed by atoms with Crippen molar-refractivity contribution in [1.82, 2.24) is 5.32 Å². The third-order valence-corrected chi connectivity index (χ3v) is 3.67. The molecule has 0 bridgehead atoms. The van der Waals surface area contributed by atoms with Gasteiger partial charge in [-0.15, -0.1) is 0 Å². The van der Waals surface area contributed by atoms with Crippen molar-refractivity contribution in [2.75, 3.05) is 0 Å². The van der Waals surface area contributed by atoms with Crippen LogP contribution in [-0.4, -0.2) is 23.0 Å². The number of carbonyl (C=O) groups is 2. The Morgan fingerprint density at radius 2 is 1.83 bits per heavy atom. The second-order valence-electron chi connectivity index (χ2n) is 5.55. The largest absolute Gasteiger partial charge is 0.480 e. The van der Waals surface area contributed by atoms with E-state index in [1.807, 2.05) is 0 Å². The van der Waals surface area contributed by atoms with Crippen molar-refractivity contribution in [3.8, 4) is 0 Å². The number of hydrogen-bond donors (Lipinski definition) is 2. The zero-order valence-corrected chi connectivity index (χ0v) is 11.5. The Labute approximate surface area is 109 Å². The summed E-state index contributed by atoms with van der Waals surface area (Å²) >= 11 is 0. The predicted molar refractivity (Wildman–Crippen MR) is 70.3 cm³/mol. The zero-order valence-electron chi connectivity index (χ0n) is 11.5. The van der Waals surface area contributed by atoms with Gasteiger partial charge in [-0.3, -0.25) is 9.59 Å². The molecule has 1 aliphatic rings. The van der Waals surface area contributed by atoms with Crippen molar-refractivity contribution in [2.45, 2.75) is 71.3 Å². The molecule has 0 aromatic carbocycles. The Hall–Kier alpha value is -1.06. The minimum Gasteiger partial charge on any atom is -0.480 e. The molecule has 0 spiro atoms. The van der Waals surface area contributed by atoms with Crippen LogP contribution in [0.1, 0.15) is 65.2 Å². The van der Waals surface area contributed by atoms with Gasteiger partial charge in [0.05, 0.1) is 0 Å². The van der Waals surface area contributed by atoms with E-state index in [0.717, 1.165) is 32.1 Å². The summed E-state index contributed by atoms with van der Waals surface area (Å²) in [5.74, 6) is -1.32. The molecule has 0 aromatic heterocycles. The molecule has 1 amide bonds. The highest BCUT2D eigenvalue weighted by molar-refractivity contribution is 6.01. The summed E-state index contributed by atoms with van der Waals surface area (Å²) in [5.41, 5.74) is -1.26. The van der Waals surface area contributed by atoms with Gasteiger partial charge in [-0.1, -0.05) is 39.0 Å². The lowest BCUT2D eigenvalue weighted by molar-refractivity contribution is -0.155. The maximum absolute atomic E-state index is 12.0. The van der Waals surface area contributed by atoms with Crippen molar-refractivity contribution in [1.29, 1.82) is 0 Å². The van der Waals surface area contributed by atoms with E-state index in [4.69, 9.17) is 0 Å². The number of carbonyl (C=O) groups excluding carboxylic acids is 1. The van der Waals surface area contributed by atoms with E-state index in [1.165, 1.54) is 12.8 Å². The Bertz CT molecular complexity index is 299. The topological polar surface area (TPSA) is 66.4 Å². The molecule has 1 saturated carbocycles. The third-order valence-electron chi connectivity index (χ3n) is 3.67. The summed E-state index contributed by atoms with van der Waals surface area (Å²) in [6, 6.07) is 0.219. The first-order chi connectivity index (χ1) is 8.50. The SMILES string of the molecule is CCCCCCCC(C)(C(=O)O)C(=O)NC1CC1. The van der Waals surface area contributed by atoms with Gasteiger partial charge in [-0.2, -0.15) is 0 Å². The van der Waals surface area contributed by atoms with Crippen LogP contribution in [0.25, 0.3) is 0 Å². The maximum atomic E-state index is 12.0. The Kier molecular flexibility index (Phi) is 5.63. The van der Waals surface area contributed by atoms with Gasteiger partial charge in [0.2, 0.25) is 5.91 Å². The van der Waals surface area contributed by atoms with Gasteiger partial charge in [-0.05, 0) is 26.2 Å². The predicted octanol–water partition coefficient (Wildman–Crippen LogP) is 2.72. The van der Waals surface area contributed by atoms with E-state index < -0.39 is 11.4 Å². The number of unbranched alkanes of at least 4 members (excludes halogenated alkanes) is 4. The number of amides is 1. The molecule has 0 radical (unpaired) electrons. The van der Waals surface area contributed by atoms with Gasteiger partial charge in [0.15, 0.2) is 0 Å². The lowest BCUT2D eigenvalue weighted by Crippen LogP contribution is -2.45. The second kappa shape index (κ2) is 6.76. The number of rotatable bonds is 9. The monoisotopic (exact) mass is 255 g/mol. The fourth-order valence-electron chi connectivity index (χ4n) is 1.97. The van der Waals surface area contributed by atoms with Crippen molar-refractivity contribution in [3.63, 3.8) is 0 Å². The van der Waals surface area contributed by atoms with Crippen molar-refractivity contribution < 1.29 is 14.7 Å². The molecule has 0 aromatic rings. The number of aliphatic carboxylic acids is 1. The first kappa shape index (κ1) is 15.0. The Morgan fingerprint density at radius 1 is 1.22 bits per heavy atom. The lowest BCUT2D eigenvalue weighted by atomic mass is 9.83. The first-order valence-electron chi connectivity index (χ1n) is 7.05. The smallest absolute Gasteiger partial charge is 0.318 e. The van der Waals surface area contributed by atoms with E-state index in [1.54, 1.807) is 6.92 Å². The van der Waals surface area contributed by atoms with Gasteiger partial charge in [0, 0.05) is 6.04 Å². The summed E-state index contributed by atoms with van der Waals surface area (Å²) in [7, 11) is 0. The Morgan fingerprint density at radius 3 is 2.33 bits per heavy atom. The van der Waals surface area contributed by atoms with Crippen LogP contribution in [0.15, 0.2) is 0 Å². The molecule has 0 aliphatic heterocycles. The fourth-order valence-corrected chi connectivity index (χ4v) is 1.97. The van der Waals surface area contributed by atoms with E-state index in [2.05, 4.69) is 12.2 Å². The third kappa shape index (κ3) is 4.31. The number of carboxylic acid groups (broad SMARTS) is 1. The molecule has 1 aliphatic carbocycles. The van der Waals surface area contributed by atoms with Crippen molar-refractivity contribution in [3.05, 3.63) is 0 Å². The molecule has 0 saturated heterocycles. The minimum absolute atomic E-state index is 0.219. The molecule has 1 unspecified atom stereocenters.